The number of hydrogen-bond acceptors (Lipinski definition) is 4. The molecule has 0 saturated carbocycles. The van der Waals surface area contributed by atoms with E-state index in [0.29, 0.717) is 0 Å². The third-order valence-electron chi connectivity index (χ3n) is 2.32. The molecule has 18 heavy (non-hydrogen) atoms. The predicted molar refractivity (Wildman–Crippen MR) is 66.6 cm³/mol. The Labute approximate surface area is 105 Å². The molecular weight excluding hydrogens is 234 g/mol. The van der Waals surface area contributed by atoms with Crippen molar-refractivity contribution in [3.63, 3.8) is 0 Å². The molecule has 0 aliphatic carbocycles. The van der Waals surface area contributed by atoms with Crippen molar-refractivity contribution in [2.24, 2.45) is 5.73 Å². The highest BCUT2D eigenvalue weighted by Gasteiger charge is 2.17. The summed E-state index contributed by atoms with van der Waals surface area (Å²) in [5.41, 5.74) is 7.00. The maximum atomic E-state index is 11.3. The Bertz CT molecular complexity index is 439. The average Bonchev–Trinajstić information content (AvgIpc) is 2.36. The van der Waals surface area contributed by atoms with Crippen molar-refractivity contribution in [2.75, 3.05) is 0 Å². The molecule has 0 bridgehead atoms. The van der Waals surface area contributed by atoms with Crippen LogP contribution in [0.4, 0.5) is 0 Å². The van der Waals surface area contributed by atoms with Crippen molar-refractivity contribution in [2.45, 2.75) is 19.1 Å². The minimum Gasteiger partial charge on any atom is -0.480 e. The molecule has 1 aromatic rings. The van der Waals surface area contributed by atoms with E-state index in [-0.39, 0.29) is 13.0 Å². The van der Waals surface area contributed by atoms with E-state index in [4.69, 9.17) is 15.6 Å². The van der Waals surface area contributed by atoms with Crippen molar-refractivity contribution in [3.05, 3.63) is 42.0 Å². The van der Waals surface area contributed by atoms with E-state index in [9.17, 15) is 9.59 Å². The quantitative estimate of drug-likeness (QED) is 0.739. The largest absolute Gasteiger partial charge is 0.480 e. The van der Waals surface area contributed by atoms with Gasteiger partial charge in [-0.25, -0.2) is 0 Å². The van der Waals surface area contributed by atoms with Crippen molar-refractivity contribution < 1.29 is 19.4 Å². The topological polar surface area (TPSA) is 89.6 Å². The highest BCUT2D eigenvalue weighted by atomic mass is 16.5. The van der Waals surface area contributed by atoms with Crippen LogP contribution < -0.4 is 5.73 Å². The maximum absolute atomic E-state index is 11.3. The number of aliphatic carboxylic acids is 1. The molecule has 0 radical (unpaired) electrons. The molecule has 0 aliphatic rings. The highest BCUT2D eigenvalue weighted by molar-refractivity contribution is 5.81. The van der Waals surface area contributed by atoms with Gasteiger partial charge in [-0.3, -0.25) is 9.59 Å². The molecule has 0 spiro atoms. The van der Waals surface area contributed by atoms with Gasteiger partial charge in [0.25, 0.3) is 0 Å². The zero-order valence-corrected chi connectivity index (χ0v) is 9.83. The van der Waals surface area contributed by atoms with Crippen LogP contribution in [0.15, 0.2) is 30.8 Å². The minimum atomic E-state index is -1.22. The smallest absolute Gasteiger partial charge is 0.321 e. The van der Waals surface area contributed by atoms with Crippen LogP contribution in [0.3, 0.4) is 0 Å². The van der Waals surface area contributed by atoms with Crippen molar-refractivity contribution >= 4 is 18.0 Å². The molecule has 0 fully saturated rings. The minimum absolute atomic E-state index is 0.0998. The number of ether oxygens (including phenoxy) is 1. The van der Waals surface area contributed by atoms with E-state index in [1.165, 1.54) is 0 Å². The van der Waals surface area contributed by atoms with Gasteiger partial charge in [-0.1, -0.05) is 36.9 Å². The first-order valence-corrected chi connectivity index (χ1v) is 5.38. The van der Waals surface area contributed by atoms with Gasteiger partial charge in [0.2, 0.25) is 0 Å². The van der Waals surface area contributed by atoms with Crippen LogP contribution in [0.2, 0.25) is 0 Å². The number of hydrogen-bond donors (Lipinski definition) is 2. The zero-order chi connectivity index (χ0) is 13.5. The van der Waals surface area contributed by atoms with Crippen LogP contribution in [0.5, 0.6) is 0 Å². The summed E-state index contributed by atoms with van der Waals surface area (Å²) in [6.45, 7) is 3.73. The monoisotopic (exact) mass is 249 g/mol. The van der Waals surface area contributed by atoms with Gasteiger partial charge in [-0.15, -0.1) is 0 Å². The summed E-state index contributed by atoms with van der Waals surface area (Å²) in [5, 5.41) is 8.53. The average molecular weight is 249 g/mol. The molecule has 3 N–H and O–H groups in total. The number of rotatable bonds is 6. The first kappa shape index (κ1) is 13.9. The van der Waals surface area contributed by atoms with Gasteiger partial charge in [0.1, 0.15) is 12.6 Å². The van der Waals surface area contributed by atoms with Crippen LogP contribution in [0.1, 0.15) is 17.5 Å². The first-order valence-electron chi connectivity index (χ1n) is 5.38. The Kier molecular flexibility index (Phi) is 5.07. The fraction of sp³-hybridized carbons (Fsp3) is 0.231. The van der Waals surface area contributed by atoms with Gasteiger partial charge < -0.3 is 15.6 Å². The fourth-order valence-electron chi connectivity index (χ4n) is 1.24. The lowest BCUT2D eigenvalue weighted by Gasteiger charge is -2.07. The molecule has 5 heteroatoms. The van der Waals surface area contributed by atoms with E-state index >= 15 is 0 Å². The lowest BCUT2D eigenvalue weighted by Crippen LogP contribution is -2.33. The summed E-state index contributed by atoms with van der Waals surface area (Å²) in [7, 11) is 0. The Morgan fingerprint density at radius 3 is 2.50 bits per heavy atom. The van der Waals surface area contributed by atoms with Crippen LogP contribution in [0.25, 0.3) is 6.08 Å². The third-order valence-corrected chi connectivity index (χ3v) is 2.32. The summed E-state index contributed by atoms with van der Waals surface area (Å²) in [6.07, 6.45) is 1.38. The summed E-state index contributed by atoms with van der Waals surface area (Å²) in [6, 6.07) is 6.09. The number of benzene rings is 1. The molecule has 0 aromatic heterocycles. The SMILES string of the molecule is C=Cc1ccc(COC(=O)C[C@H](N)C(=O)O)cc1. The van der Waals surface area contributed by atoms with Crippen molar-refractivity contribution in [1.82, 2.24) is 0 Å². The molecule has 0 unspecified atom stereocenters. The van der Waals surface area contributed by atoms with Crippen LogP contribution in [-0.2, 0) is 20.9 Å². The first-order chi connectivity index (χ1) is 8.52. The van der Waals surface area contributed by atoms with E-state index in [1.54, 1.807) is 18.2 Å². The zero-order valence-electron chi connectivity index (χ0n) is 9.83. The second-order valence-electron chi connectivity index (χ2n) is 3.76. The predicted octanol–water partition coefficient (Wildman–Crippen LogP) is 1.17. The Morgan fingerprint density at radius 1 is 1.39 bits per heavy atom. The molecule has 1 aromatic carbocycles. The normalized spacial score (nSPS) is 11.6. The number of nitrogens with two attached hydrogens (primary N) is 1. The maximum Gasteiger partial charge on any atom is 0.321 e. The Balaban J connectivity index is 2.42. The molecule has 0 aliphatic heterocycles. The van der Waals surface area contributed by atoms with Gasteiger partial charge in [-0.05, 0) is 11.1 Å². The van der Waals surface area contributed by atoms with E-state index in [2.05, 4.69) is 6.58 Å². The molecule has 0 heterocycles. The molecule has 96 valence electrons. The van der Waals surface area contributed by atoms with E-state index in [0.717, 1.165) is 11.1 Å². The van der Waals surface area contributed by atoms with Crippen molar-refractivity contribution in [3.8, 4) is 0 Å². The Hall–Kier alpha value is -2.14. The second-order valence-corrected chi connectivity index (χ2v) is 3.76. The lowest BCUT2D eigenvalue weighted by atomic mass is 10.1. The molecule has 1 rings (SSSR count). The standard InChI is InChI=1S/C13H15NO4/c1-2-9-3-5-10(6-4-9)8-18-12(15)7-11(14)13(16)17/h2-6,11H,1,7-8,14H2,(H,16,17)/t11-/m0/s1. The number of carboxylic acid groups (broad SMARTS) is 1. The highest BCUT2D eigenvalue weighted by Crippen LogP contribution is 2.07. The summed E-state index contributed by atoms with van der Waals surface area (Å²) >= 11 is 0. The summed E-state index contributed by atoms with van der Waals surface area (Å²) in [5.74, 6) is -1.85. The number of carbonyl (C=O) groups is 2. The third kappa shape index (κ3) is 4.39. The van der Waals surface area contributed by atoms with Gasteiger partial charge in [0, 0.05) is 0 Å². The number of carbonyl (C=O) groups excluding carboxylic acids is 1. The van der Waals surface area contributed by atoms with E-state index < -0.39 is 18.0 Å². The molecular formula is C13H15NO4. The Morgan fingerprint density at radius 2 is 2.00 bits per heavy atom. The molecule has 1 atom stereocenters. The fourth-order valence-corrected chi connectivity index (χ4v) is 1.24. The van der Waals surface area contributed by atoms with Crippen molar-refractivity contribution in [1.29, 1.82) is 0 Å². The van der Waals surface area contributed by atoms with Gasteiger partial charge in [0.05, 0.1) is 6.42 Å². The summed E-state index contributed by atoms with van der Waals surface area (Å²) < 4.78 is 4.91. The van der Waals surface area contributed by atoms with E-state index in [1.807, 2.05) is 12.1 Å². The summed E-state index contributed by atoms with van der Waals surface area (Å²) in [4.78, 5) is 21.7. The number of carboxylic acids is 1. The van der Waals surface area contributed by atoms with Crippen LogP contribution in [0, 0.1) is 0 Å². The number of esters is 1. The molecule has 0 amide bonds. The van der Waals surface area contributed by atoms with Crippen LogP contribution in [-0.4, -0.2) is 23.1 Å². The lowest BCUT2D eigenvalue weighted by molar-refractivity contribution is -0.149. The van der Waals surface area contributed by atoms with Gasteiger partial charge in [-0.2, -0.15) is 0 Å². The van der Waals surface area contributed by atoms with Gasteiger partial charge in [0.15, 0.2) is 0 Å². The molecule has 0 saturated heterocycles. The second kappa shape index (κ2) is 6.56. The molecule has 5 nitrogen and oxygen atoms in total. The van der Waals surface area contributed by atoms with Gasteiger partial charge >= 0.3 is 11.9 Å². The van der Waals surface area contributed by atoms with Crippen LogP contribution >= 0.6 is 0 Å².